The molecule has 32 heavy (non-hydrogen) atoms. The molecule has 0 saturated heterocycles. The molecule has 164 valence electrons. The van der Waals surface area contributed by atoms with Crippen LogP contribution in [0, 0.1) is 0 Å². The first-order chi connectivity index (χ1) is 15.6. The smallest absolute Gasteiger partial charge is 0.234 e. The molecule has 0 spiro atoms. The Labute approximate surface area is 194 Å². The molecular formula is C22H20ClN5O3S. The molecule has 0 fully saturated rings. The molecule has 0 aliphatic rings. The van der Waals surface area contributed by atoms with Crippen LogP contribution in [0.5, 0.6) is 11.5 Å². The average Bonchev–Trinajstić information content (AvgIpc) is 3.48. The fourth-order valence-corrected chi connectivity index (χ4v) is 3.89. The maximum absolute atomic E-state index is 12.7. The molecule has 0 aliphatic heterocycles. The third kappa shape index (κ3) is 4.74. The Morgan fingerprint density at radius 3 is 2.50 bits per heavy atom. The molecule has 0 aliphatic carbocycles. The second-order valence-electron chi connectivity index (χ2n) is 6.59. The van der Waals surface area contributed by atoms with Crippen LogP contribution in [0.2, 0.25) is 5.02 Å². The maximum atomic E-state index is 12.7. The first-order valence-electron chi connectivity index (χ1n) is 9.58. The van der Waals surface area contributed by atoms with Crippen molar-refractivity contribution in [1.29, 1.82) is 0 Å². The number of rotatable bonds is 8. The van der Waals surface area contributed by atoms with E-state index in [1.54, 1.807) is 44.6 Å². The Bertz CT molecular complexity index is 1210. The van der Waals surface area contributed by atoms with Crippen molar-refractivity contribution in [3.05, 3.63) is 72.0 Å². The van der Waals surface area contributed by atoms with Crippen molar-refractivity contribution in [2.75, 3.05) is 25.3 Å². The Kier molecular flexibility index (Phi) is 6.67. The number of aromatic nitrogens is 4. The van der Waals surface area contributed by atoms with Gasteiger partial charge < -0.3 is 14.8 Å². The highest BCUT2D eigenvalue weighted by molar-refractivity contribution is 7.99. The number of benzene rings is 2. The number of amides is 1. The first-order valence-corrected chi connectivity index (χ1v) is 10.9. The van der Waals surface area contributed by atoms with Crippen molar-refractivity contribution >= 4 is 35.0 Å². The minimum Gasteiger partial charge on any atom is -0.497 e. The van der Waals surface area contributed by atoms with E-state index in [1.165, 1.54) is 11.8 Å². The molecule has 0 bridgehead atoms. The van der Waals surface area contributed by atoms with Gasteiger partial charge >= 0.3 is 0 Å². The first kappa shape index (κ1) is 21.8. The van der Waals surface area contributed by atoms with Crippen molar-refractivity contribution in [2.45, 2.75) is 5.16 Å². The quantitative estimate of drug-likeness (QED) is 0.384. The van der Waals surface area contributed by atoms with Crippen LogP contribution in [-0.4, -0.2) is 45.4 Å². The Morgan fingerprint density at radius 2 is 1.81 bits per heavy atom. The number of thioether (sulfide) groups is 1. The lowest BCUT2D eigenvalue weighted by Gasteiger charge is -2.13. The van der Waals surface area contributed by atoms with Gasteiger partial charge in [0.05, 0.1) is 25.7 Å². The van der Waals surface area contributed by atoms with Crippen LogP contribution in [0.1, 0.15) is 0 Å². The highest BCUT2D eigenvalue weighted by Crippen LogP contribution is 2.30. The summed E-state index contributed by atoms with van der Waals surface area (Å²) in [6, 6.07) is 16.4. The summed E-state index contributed by atoms with van der Waals surface area (Å²) in [6.45, 7) is 0. The third-order valence-corrected chi connectivity index (χ3v) is 5.72. The van der Waals surface area contributed by atoms with Crippen LogP contribution in [0.4, 0.5) is 5.69 Å². The highest BCUT2D eigenvalue weighted by atomic mass is 35.5. The molecule has 0 unspecified atom stereocenters. The molecule has 1 N–H and O–H groups in total. The Morgan fingerprint density at radius 1 is 1.06 bits per heavy atom. The SMILES string of the molecule is COc1ccc(OC)c(NC(=O)CSc2nnc(-c3ccc(Cl)cc3)n2-n2cccc2)c1. The average molecular weight is 470 g/mol. The molecule has 2 aromatic heterocycles. The number of carbonyl (C=O) groups excluding carboxylic acids is 1. The van der Waals surface area contributed by atoms with E-state index < -0.39 is 0 Å². The zero-order valence-corrected chi connectivity index (χ0v) is 18.9. The molecule has 2 heterocycles. The molecule has 2 aromatic carbocycles. The monoisotopic (exact) mass is 469 g/mol. The van der Waals surface area contributed by atoms with E-state index in [-0.39, 0.29) is 11.7 Å². The number of hydrogen-bond donors (Lipinski definition) is 1. The summed E-state index contributed by atoms with van der Waals surface area (Å²) >= 11 is 7.30. The normalized spacial score (nSPS) is 10.7. The fraction of sp³-hybridized carbons (Fsp3) is 0.136. The summed E-state index contributed by atoms with van der Waals surface area (Å²) in [6.07, 6.45) is 3.77. The second-order valence-corrected chi connectivity index (χ2v) is 7.97. The molecule has 4 rings (SSSR count). The molecule has 0 saturated carbocycles. The minimum absolute atomic E-state index is 0.125. The number of nitrogens with one attached hydrogen (secondary N) is 1. The number of methoxy groups -OCH3 is 2. The van der Waals surface area contributed by atoms with Gasteiger partial charge in [-0.1, -0.05) is 23.4 Å². The predicted octanol–water partition coefficient (Wildman–Crippen LogP) is 4.46. The van der Waals surface area contributed by atoms with Gasteiger partial charge in [-0.3, -0.25) is 9.47 Å². The van der Waals surface area contributed by atoms with E-state index in [0.29, 0.717) is 33.2 Å². The van der Waals surface area contributed by atoms with E-state index in [1.807, 2.05) is 46.0 Å². The van der Waals surface area contributed by atoms with E-state index in [4.69, 9.17) is 21.1 Å². The molecule has 1 amide bonds. The lowest BCUT2D eigenvalue weighted by atomic mass is 10.2. The van der Waals surface area contributed by atoms with Gasteiger partial charge in [0.25, 0.3) is 0 Å². The molecule has 0 radical (unpaired) electrons. The predicted molar refractivity (Wildman–Crippen MR) is 125 cm³/mol. The van der Waals surface area contributed by atoms with Crippen molar-refractivity contribution in [3.8, 4) is 22.9 Å². The summed E-state index contributed by atoms with van der Waals surface area (Å²) in [5, 5.41) is 12.7. The van der Waals surface area contributed by atoms with Gasteiger partial charge in [-0.05, 0) is 48.5 Å². The Balaban J connectivity index is 1.55. The second kappa shape index (κ2) is 9.80. The van der Waals surface area contributed by atoms with Crippen molar-refractivity contribution in [3.63, 3.8) is 0 Å². The minimum atomic E-state index is -0.211. The maximum Gasteiger partial charge on any atom is 0.234 e. The Hall–Kier alpha value is -3.43. The largest absolute Gasteiger partial charge is 0.497 e. The molecule has 0 atom stereocenters. The van der Waals surface area contributed by atoms with Crippen LogP contribution in [-0.2, 0) is 4.79 Å². The highest BCUT2D eigenvalue weighted by Gasteiger charge is 2.18. The van der Waals surface area contributed by atoms with Crippen molar-refractivity contribution in [2.24, 2.45) is 0 Å². The van der Waals surface area contributed by atoms with Crippen LogP contribution < -0.4 is 14.8 Å². The van der Waals surface area contributed by atoms with E-state index in [0.717, 1.165) is 5.56 Å². The number of hydrogen-bond acceptors (Lipinski definition) is 6. The van der Waals surface area contributed by atoms with Crippen LogP contribution in [0.25, 0.3) is 11.4 Å². The van der Waals surface area contributed by atoms with Gasteiger partial charge in [-0.15, -0.1) is 10.2 Å². The third-order valence-electron chi connectivity index (χ3n) is 4.55. The lowest BCUT2D eigenvalue weighted by Crippen LogP contribution is -2.16. The van der Waals surface area contributed by atoms with E-state index >= 15 is 0 Å². The summed E-state index contributed by atoms with van der Waals surface area (Å²) < 4.78 is 14.2. The lowest BCUT2D eigenvalue weighted by molar-refractivity contribution is -0.113. The van der Waals surface area contributed by atoms with Crippen molar-refractivity contribution in [1.82, 2.24) is 19.5 Å². The topological polar surface area (TPSA) is 83.2 Å². The number of nitrogens with zero attached hydrogens (tertiary/aromatic N) is 4. The summed E-state index contributed by atoms with van der Waals surface area (Å²) in [4.78, 5) is 12.7. The molecule has 8 nitrogen and oxygen atoms in total. The van der Waals surface area contributed by atoms with Crippen LogP contribution in [0.3, 0.4) is 0 Å². The molecule has 10 heteroatoms. The van der Waals surface area contributed by atoms with Gasteiger partial charge in [0, 0.05) is 29.0 Å². The van der Waals surface area contributed by atoms with Crippen LogP contribution in [0.15, 0.2) is 72.1 Å². The van der Waals surface area contributed by atoms with E-state index in [2.05, 4.69) is 15.5 Å². The van der Waals surface area contributed by atoms with Crippen molar-refractivity contribution < 1.29 is 14.3 Å². The van der Waals surface area contributed by atoms with E-state index in [9.17, 15) is 4.79 Å². The zero-order valence-electron chi connectivity index (χ0n) is 17.4. The van der Waals surface area contributed by atoms with Gasteiger partial charge in [0.1, 0.15) is 11.5 Å². The summed E-state index contributed by atoms with van der Waals surface area (Å²) in [5.41, 5.74) is 1.39. The van der Waals surface area contributed by atoms with Gasteiger partial charge in [-0.25, -0.2) is 4.68 Å². The number of ether oxygens (including phenoxy) is 2. The standard InChI is InChI=1S/C22H20ClN5O3S/c1-30-17-9-10-19(31-2)18(13-17)24-20(29)14-32-22-26-25-21(15-5-7-16(23)8-6-15)28(22)27-11-3-4-12-27/h3-13H,14H2,1-2H3,(H,24,29). The summed E-state index contributed by atoms with van der Waals surface area (Å²) in [5.74, 6) is 1.71. The van der Waals surface area contributed by atoms with Gasteiger partial charge in [0.2, 0.25) is 11.1 Å². The van der Waals surface area contributed by atoms with Crippen LogP contribution >= 0.6 is 23.4 Å². The van der Waals surface area contributed by atoms with Gasteiger partial charge in [0.15, 0.2) is 5.82 Å². The summed E-state index contributed by atoms with van der Waals surface area (Å²) in [7, 11) is 3.11. The number of halogens is 1. The fourth-order valence-electron chi connectivity index (χ4n) is 3.03. The molecule has 4 aromatic rings. The molecular weight excluding hydrogens is 450 g/mol. The zero-order chi connectivity index (χ0) is 22.5. The van der Waals surface area contributed by atoms with Gasteiger partial charge in [-0.2, -0.15) is 0 Å². The number of anilines is 1. The number of carbonyl (C=O) groups is 1.